The van der Waals surface area contributed by atoms with Gasteiger partial charge in [0, 0.05) is 23.7 Å². The topological polar surface area (TPSA) is 86.7 Å². The number of carboxylic acids is 1. The van der Waals surface area contributed by atoms with Gasteiger partial charge in [-0.1, -0.05) is 60.7 Å². The summed E-state index contributed by atoms with van der Waals surface area (Å²) in [6.45, 7) is 0. The smallest absolute Gasteiger partial charge is 0.315 e. The minimum absolute atomic E-state index is 0.0646. The van der Waals surface area contributed by atoms with Gasteiger partial charge in [-0.2, -0.15) is 0 Å². The zero-order valence-corrected chi connectivity index (χ0v) is 15.5. The monoisotopic (exact) mass is 387 g/mol. The van der Waals surface area contributed by atoms with E-state index in [1.807, 2.05) is 60.7 Å². The van der Waals surface area contributed by atoms with Crippen molar-refractivity contribution in [3.8, 4) is 11.5 Å². The van der Waals surface area contributed by atoms with Crippen molar-refractivity contribution in [2.75, 3.05) is 0 Å². The van der Waals surface area contributed by atoms with E-state index in [4.69, 9.17) is 4.74 Å². The van der Waals surface area contributed by atoms with Gasteiger partial charge in [0.05, 0.1) is 5.92 Å². The Hall–Kier alpha value is -3.60. The largest absolute Gasteiger partial charge is 0.550 e. The third kappa shape index (κ3) is 3.59. The van der Waals surface area contributed by atoms with E-state index >= 15 is 0 Å². The molecule has 5 nitrogen and oxygen atoms in total. The lowest BCUT2D eigenvalue weighted by Crippen LogP contribution is -2.55. The predicted octanol–water partition coefficient (Wildman–Crippen LogP) is 2.86. The standard InChI is InChI=1S/C24H20O5/c25-17-11-13-18(14-12-17)29-24(28)22-19(15-7-3-1-4-8-15)21(23(26)27)20(22)16-9-5-2-6-10-16/h1-14,19-22,25H,(H,26,27)/p-1/t19-,20-,21?,22?/m1/s1. The number of hydrogen-bond donors (Lipinski definition) is 1. The molecule has 1 fully saturated rings. The average molecular weight is 387 g/mol. The van der Waals surface area contributed by atoms with Gasteiger partial charge < -0.3 is 19.7 Å². The number of phenolic OH excluding ortho intramolecular Hbond substituents is 1. The lowest BCUT2D eigenvalue weighted by molar-refractivity contribution is -0.317. The molecule has 0 spiro atoms. The maximum atomic E-state index is 13.1. The summed E-state index contributed by atoms with van der Waals surface area (Å²) in [5, 5.41) is 21.4. The summed E-state index contributed by atoms with van der Waals surface area (Å²) in [6.07, 6.45) is 0. The molecule has 0 bridgehead atoms. The van der Waals surface area contributed by atoms with Crippen molar-refractivity contribution >= 4 is 11.9 Å². The van der Waals surface area contributed by atoms with Gasteiger partial charge in [-0.15, -0.1) is 0 Å². The van der Waals surface area contributed by atoms with E-state index < -0.39 is 35.6 Å². The minimum Gasteiger partial charge on any atom is -0.550 e. The first kappa shape index (κ1) is 18.7. The average Bonchev–Trinajstić information content (AvgIpc) is 2.70. The number of carbonyl (C=O) groups excluding carboxylic acids is 2. The lowest BCUT2D eigenvalue weighted by Gasteiger charge is -2.51. The van der Waals surface area contributed by atoms with E-state index in [0.29, 0.717) is 5.75 Å². The molecule has 3 aromatic rings. The number of benzene rings is 3. The van der Waals surface area contributed by atoms with Crippen LogP contribution in [-0.4, -0.2) is 17.0 Å². The Kier molecular flexibility index (Phi) is 5.04. The SMILES string of the molecule is O=C([O-])C1[C@@H](c2ccccc2)C(C(=O)Oc2ccc(O)cc2)[C@@H]1c1ccccc1. The number of ether oxygens (including phenoxy) is 1. The Balaban J connectivity index is 1.71. The summed E-state index contributed by atoms with van der Waals surface area (Å²) < 4.78 is 5.54. The molecule has 29 heavy (non-hydrogen) atoms. The Morgan fingerprint density at radius 3 is 1.66 bits per heavy atom. The minimum atomic E-state index is -1.18. The first-order valence-electron chi connectivity index (χ1n) is 9.37. The Bertz CT molecular complexity index is 951. The van der Waals surface area contributed by atoms with Crippen LogP contribution in [0.15, 0.2) is 84.9 Å². The van der Waals surface area contributed by atoms with E-state index in [1.165, 1.54) is 24.3 Å². The molecule has 5 heteroatoms. The number of aromatic hydroxyl groups is 1. The van der Waals surface area contributed by atoms with Gasteiger partial charge in [-0.3, -0.25) is 4.79 Å². The van der Waals surface area contributed by atoms with E-state index in [1.54, 1.807) is 0 Å². The molecule has 2 atom stereocenters. The lowest BCUT2D eigenvalue weighted by atomic mass is 9.52. The first-order chi connectivity index (χ1) is 14.1. The highest BCUT2D eigenvalue weighted by Crippen LogP contribution is 2.57. The number of rotatable bonds is 5. The van der Waals surface area contributed by atoms with Crippen LogP contribution in [0.5, 0.6) is 11.5 Å². The molecule has 0 heterocycles. The van der Waals surface area contributed by atoms with Crippen LogP contribution in [0.1, 0.15) is 23.0 Å². The van der Waals surface area contributed by atoms with Crippen LogP contribution in [0.25, 0.3) is 0 Å². The Morgan fingerprint density at radius 2 is 1.21 bits per heavy atom. The Labute approximate surface area is 168 Å². The summed E-state index contributed by atoms with van der Waals surface area (Å²) in [5.74, 6) is -3.92. The van der Waals surface area contributed by atoms with Crippen LogP contribution >= 0.6 is 0 Å². The van der Waals surface area contributed by atoms with Gasteiger partial charge in [-0.25, -0.2) is 0 Å². The highest BCUT2D eigenvalue weighted by Gasteiger charge is 2.56. The van der Waals surface area contributed by atoms with E-state index in [-0.39, 0.29) is 5.75 Å². The van der Waals surface area contributed by atoms with Gasteiger partial charge in [-0.05, 0) is 35.4 Å². The summed E-state index contributed by atoms with van der Waals surface area (Å²) in [6, 6.07) is 24.1. The van der Waals surface area contributed by atoms with Crippen molar-refractivity contribution in [1.29, 1.82) is 0 Å². The molecule has 1 N–H and O–H groups in total. The van der Waals surface area contributed by atoms with Crippen molar-refractivity contribution < 1.29 is 24.5 Å². The number of carbonyl (C=O) groups is 2. The number of phenols is 1. The molecule has 4 rings (SSSR count). The predicted molar refractivity (Wildman–Crippen MR) is 104 cm³/mol. The van der Waals surface area contributed by atoms with E-state index in [9.17, 15) is 19.8 Å². The van der Waals surface area contributed by atoms with Crippen molar-refractivity contribution in [3.63, 3.8) is 0 Å². The zero-order chi connectivity index (χ0) is 20.4. The molecular weight excluding hydrogens is 368 g/mol. The molecule has 0 aromatic heterocycles. The Morgan fingerprint density at radius 1 is 0.724 bits per heavy atom. The molecule has 0 amide bonds. The normalized spacial score (nSPS) is 23.0. The third-order valence-electron chi connectivity index (χ3n) is 5.52. The summed E-state index contributed by atoms with van der Waals surface area (Å²) in [4.78, 5) is 25.1. The van der Waals surface area contributed by atoms with Crippen molar-refractivity contribution in [1.82, 2.24) is 0 Å². The second-order valence-electron chi connectivity index (χ2n) is 7.16. The second-order valence-corrected chi connectivity index (χ2v) is 7.16. The van der Waals surface area contributed by atoms with Crippen LogP contribution in [0.2, 0.25) is 0 Å². The second kappa shape index (κ2) is 7.80. The molecule has 0 aliphatic heterocycles. The van der Waals surface area contributed by atoms with Gasteiger partial charge in [0.1, 0.15) is 11.5 Å². The molecule has 0 saturated heterocycles. The fraction of sp³-hybridized carbons (Fsp3) is 0.167. The third-order valence-corrected chi connectivity index (χ3v) is 5.52. The van der Waals surface area contributed by atoms with E-state index in [0.717, 1.165) is 11.1 Å². The molecule has 1 saturated carbocycles. The van der Waals surface area contributed by atoms with Gasteiger partial charge in [0.15, 0.2) is 0 Å². The van der Waals surface area contributed by atoms with Crippen molar-refractivity contribution in [2.24, 2.45) is 11.8 Å². The molecule has 0 unspecified atom stereocenters. The zero-order valence-electron chi connectivity index (χ0n) is 15.5. The fourth-order valence-corrected chi connectivity index (χ4v) is 4.21. The number of hydrogen-bond acceptors (Lipinski definition) is 5. The van der Waals surface area contributed by atoms with Crippen LogP contribution in [-0.2, 0) is 9.59 Å². The van der Waals surface area contributed by atoms with Crippen LogP contribution < -0.4 is 9.84 Å². The number of carboxylic acid groups (broad SMARTS) is 1. The molecule has 3 aromatic carbocycles. The maximum Gasteiger partial charge on any atom is 0.315 e. The number of esters is 1. The molecule has 146 valence electrons. The summed E-state index contributed by atoms with van der Waals surface area (Å²) >= 11 is 0. The van der Waals surface area contributed by atoms with Gasteiger partial charge in [0.2, 0.25) is 0 Å². The molecule has 1 aliphatic carbocycles. The summed E-state index contributed by atoms with van der Waals surface area (Å²) in [5.41, 5.74) is 1.53. The fourth-order valence-electron chi connectivity index (χ4n) is 4.21. The summed E-state index contributed by atoms with van der Waals surface area (Å²) in [7, 11) is 0. The van der Waals surface area contributed by atoms with Crippen LogP contribution in [0.4, 0.5) is 0 Å². The van der Waals surface area contributed by atoms with Crippen LogP contribution in [0.3, 0.4) is 0 Å². The van der Waals surface area contributed by atoms with Gasteiger partial charge >= 0.3 is 5.97 Å². The van der Waals surface area contributed by atoms with Gasteiger partial charge in [0.25, 0.3) is 0 Å². The maximum absolute atomic E-state index is 13.1. The van der Waals surface area contributed by atoms with Crippen molar-refractivity contribution in [2.45, 2.75) is 11.8 Å². The highest BCUT2D eigenvalue weighted by molar-refractivity contribution is 5.85. The first-order valence-corrected chi connectivity index (χ1v) is 9.37. The highest BCUT2D eigenvalue weighted by atomic mass is 16.5. The van der Waals surface area contributed by atoms with Crippen molar-refractivity contribution in [3.05, 3.63) is 96.1 Å². The molecule has 0 radical (unpaired) electrons. The molecule has 1 aliphatic rings. The van der Waals surface area contributed by atoms with E-state index in [2.05, 4.69) is 0 Å². The van der Waals surface area contributed by atoms with Crippen LogP contribution in [0, 0.1) is 11.8 Å². The molecular formula is C24H19O5-. The number of aliphatic carboxylic acids is 1. The quantitative estimate of drug-likeness (QED) is 0.537.